The molecule has 0 unspecified atom stereocenters. The summed E-state index contributed by atoms with van der Waals surface area (Å²) in [6.45, 7) is 1.09. The first kappa shape index (κ1) is 22.8. The van der Waals surface area contributed by atoms with Crippen molar-refractivity contribution in [1.29, 1.82) is 0 Å². The van der Waals surface area contributed by atoms with Crippen LogP contribution in [0.5, 0.6) is 0 Å². The number of nitrogens with zero attached hydrogens (tertiary/aromatic N) is 5. The minimum atomic E-state index is -0.173. The van der Waals surface area contributed by atoms with Crippen LogP contribution in [0.25, 0.3) is 11.4 Å². The number of hydrogen-bond donors (Lipinski definition) is 1. The van der Waals surface area contributed by atoms with Crippen molar-refractivity contribution >= 4 is 35.4 Å². The number of likely N-dealkylation sites (N-methyl/N-ethyl adjacent to an activating group) is 1. The molecule has 2 aromatic heterocycles. The van der Waals surface area contributed by atoms with Gasteiger partial charge in [-0.25, -0.2) is 4.68 Å². The summed E-state index contributed by atoms with van der Waals surface area (Å²) < 4.78 is 4.28. The van der Waals surface area contributed by atoms with E-state index in [1.165, 1.54) is 0 Å². The number of amides is 1. The summed E-state index contributed by atoms with van der Waals surface area (Å²) in [7, 11) is 1.84. The molecule has 4 aromatic rings. The molecular weight excluding hydrogens is 456 g/mol. The van der Waals surface area contributed by atoms with Crippen molar-refractivity contribution in [2.45, 2.75) is 13.2 Å². The lowest BCUT2D eigenvalue weighted by Crippen LogP contribution is -2.32. The van der Waals surface area contributed by atoms with Crippen molar-refractivity contribution in [1.82, 2.24) is 24.2 Å². The lowest BCUT2D eigenvalue weighted by molar-refractivity contribution is -0.117. The summed E-state index contributed by atoms with van der Waals surface area (Å²) in [4.78, 5) is 18.6. The Kier molecular flexibility index (Phi) is 7.29. The number of halogens is 1. The predicted octanol–water partition coefficient (Wildman–Crippen LogP) is 4.71. The highest BCUT2D eigenvalue weighted by Crippen LogP contribution is 2.21. The first-order chi connectivity index (χ1) is 16.0. The van der Waals surface area contributed by atoms with E-state index in [0.717, 1.165) is 17.0 Å². The number of carbonyl (C=O) groups excluding carboxylic acids is 1. The van der Waals surface area contributed by atoms with Gasteiger partial charge in [0.15, 0.2) is 10.6 Å². The number of nitrogens with one attached hydrogen (secondary N) is 1. The minimum Gasteiger partial charge on any atom is -0.324 e. The molecule has 0 bridgehead atoms. The molecule has 9 heteroatoms. The van der Waals surface area contributed by atoms with Crippen LogP contribution in [0.15, 0.2) is 79.1 Å². The first-order valence-electron chi connectivity index (χ1n) is 10.4. The van der Waals surface area contributed by atoms with Crippen molar-refractivity contribution in [3.8, 4) is 11.4 Å². The van der Waals surface area contributed by atoms with Crippen LogP contribution in [0.1, 0.15) is 5.56 Å². The standard InChI is InChI=1S/C24H23ClN6OS/c1-29(16-22(32)27-21-12-6-5-11-20(21)25)17-31-24(33)30(15-18-8-3-2-4-9-18)23(28-31)19-10-7-13-26-14-19/h2-14H,15-17H2,1H3,(H,27,32). The van der Waals surface area contributed by atoms with E-state index < -0.39 is 0 Å². The third-order valence-corrected chi connectivity index (χ3v) is 5.72. The van der Waals surface area contributed by atoms with E-state index in [-0.39, 0.29) is 12.5 Å². The maximum atomic E-state index is 12.5. The van der Waals surface area contributed by atoms with Crippen LogP contribution in [-0.2, 0) is 18.0 Å². The van der Waals surface area contributed by atoms with Gasteiger partial charge in [0.2, 0.25) is 5.91 Å². The van der Waals surface area contributed by atoms with Gasteiger partial charge in [-0.1, -0.05) is 54.1 Å². The summed E-state index contributed by atoms with van der Waals surface area (Å²) in [5.74, 6) is 0.555. The number of pyridine rings is 1. The molecular formula is C24H23ClN6OS. The summed E-state index contributed by atoms with van der Waals surface area (Å²) in [6.07, 6.45) is 3.49. The largest absolute Gasteiger partial charge is 0.324 e. The molecule has 0 aliphatic rings. The topological polar surface area (TPSA) is 68.0 Å². The van der Waals surface area contributed by atoms with E-state index >= 15 is 0 Å². The fourth-order valence-electron chi connectivity index (χ4n) is 3.43. The molecule has 0 spiro atoms. The number of hydrogen-bond acceptors (Lipinski definition) is 5. The first-order valence-corrected chi connectivity index (χ1v) is 11.1. The molecule has 7 nitrogen and oxygen atoms in total. The maximum absolute atomic E-state index is 12.5. The second-order valence-electron chi connectivity index (χ2n) is 7.60. The van der Waals surface area contributed by atoms with Gasteiger partial charge < -0.3 is 5.32 Å². The molecule has 0 fully saturated rings. The van der Waals surface area contributed by atoms with Crippen LogP contribution >= 0.6 is 23.8 Å². The lowest BCUT2D eigenvalue weighted by atomic mass is 10.2. The van der Waals surface area contributed by atoms with Gasteiger partial charge in [0, 0.05) is 18.0 Å². The van der Waals surface area contributed by atoms with Crippen molar-refractivity contribution < 1.29 is 4.79 Å². The number of carbonyl (C=O) groups is 1. The Morgan fingerprint density at radius 1 is 1.09 bits per heavy atom. The third-order valence-electron chi connectivity index (χ3n) is 4.96. The van der Waals surface area contributed by atoms with E-state index in [2.05, 4.69) is 22.4 Å². The van der Waals surface area contributed by atoms with Crippen molar-refractivity contribution in [2.24, 2.45) is 0 Å². The quantitative estimate of drug-likeness (QED) is 0.371. The highest BCUT2D eigenvalue weighted by molar-refractivity contribution is 7.71. The molecule has 0 saturated heterocycles. The highest BCUT2D eigenvalue weighted by Gasteiger charge is 2.16. The van der Waals surface area contributed by atoms with Crippen LogP contribution < -0.4 is 5.32 Å². The fraction of sp³-hybridized carbons (Fsp3) is 0.167. The molecule has 0 radical (unpaired) electrons. The average molecular weight is 479 g/mol. The van der Waals surface area contributed by atoms with E-state index in [4.69, 9.17) is 28.9 Å². The monoisotopic (exact) mass is 478 g/mol. The molecule has 0 aliphatic heterocycles. The fourth-order valence-corrected chi connectivity index (χ4v) is 3.86. The maximum Gasteiger partial charge on any atom is 0.238 e. The molecule has 0 saturated carbocycles. The summed E-state index contributed by atoms with van der Waals surface area (Å²) in [5, 5.41) is 8.09. The Morgan fingerprint density at radius 2 is 1.85 bits per heavy atom. The number of para-hydroxylation sites is 1. The van der Waals surface area contributed by atoms with Crippen LogP contribution in [-0.4, -0.2) is 43.7 Å². The Morgan fingerprint density at radius 3 is 2.58 bits per heavy atom. The van der Waals surface area contributed by atoms with E-state index in [9.17, 15) is 4.79 Å². The van der Waals surface area contributed by atoms with Crippen molar-refractivity contribution in [3.63, 3.8) is 0 Å². The molecule has 168 valence electrons. The zero-order valence-electron chi connectivity index (χ0n) is 18.1. The van der Waals surface area contributed by atoms with E-state index in [1.807, 2.05) is 59.0 Å². The lowest BCUT2D eigenvalue weighted by Gasteiger charge is -2.16. The molecule has 1 amide bonds. The summed E-state index contributed by atoms with van der Waals surface area (Å²) in [6, 6.07) is 21.1. The molecule has 2 aromatic carbocycles. The van der Waals surface area contributed by atoms with Gasteiger partial charge in [0.25, 0.3) is 0 Å². The zero-order valence-corrected chi connectivity index (χ0v) is 19.6. The Labute approximate surface area is 202 Å². The van der Waals surface area contributed by atoms with Crippen LogP contribution in [0.2, 0.25) is 5.02 Å². The van der Waals surface area contributed by atoms with Gasteiger partial charge in [0.05, 0.1) is 30.5 Å². The SMILES string of the molecule is CN(CC(=O)Nc1ccccc1Cl)Cn1nc(-c2cccnc2)n(Cc2ccccc2)c1=S. The van der Waals surface area contributed by atoms with Crippen LogP contribution in [0.4, 0.5) is 5.69 Å². The molecule has 4 rings (SSSR count). The van der Waals surface area contributed by atoms with Gasteiger partial charge in [0.1, 0.15) is 0 Å². The third kappa shape index (κ3) is 5.73. The van der Waals surface area contributed by atoms with Crippen molar-refractivity contribution in [3.05, 3.63) is 94.5 Å². The van der Waals surface area contributed by atoms with Crippen LogP contribution in [0.3, 0.4) is 0 Å². The zero-order chi connectivity index (χ0) is 23.2. The van der Waals surface area contributed by atoms with Gasteiger partial charge in [-0.15, -0.1) is 0 Å². The van der Waals surface area contributed by atoms with E-state index in [1.54, 1.807) is 29.2 Å². The molecule has 33 heavy (non-hydrogen) atoms. The minimum absolute atomic E-state index is 0.154. The van der Waals surface area contributed by atoms with Gasteiger partial charge in [-0.05, 0) is 49.1 Å². The second kappa shape index (κ2) is 10.5. The molecule has 0 aliphatic carbocycles. The Balaban J connectivity index is 1.54. The normalized spacial score (nSPS) is 11.0. The molecule has 2 heterocycles. The predicted molar refractivity (Wildman–Crippen MR) is 133 cm³/mol. The van der Waals surface area contributed by atoms with Crippen LogP contribution in [0, 0.1) is 4.77 Å². The van der Waals surface area contributed by atoms with Gasteiger partial charge in [-0.3, -0.25) is 19.2 Å². The number of benzene rings is 2. The molecule has 0 atom stereocenters. The Hall–Kier alpha value is -3.33. The summed E-state index contributed by atoms with van der Waals surface area (Å²) in [5.41, 5.74) is 2.57. The van der Waals surface area contributed by atoms with Gasteiger partial charge in [-0.2, -0.15) is 5.10 Å². The number of anilines is 1. The Bertz CT molecular complexity index is 1290. The summed E-state index contributed by atoms with van der Waals surface area (Å²) >= 11 is 11.9. The average Bonchev–Trinajstić information content (AvgIpc) is 3.11. The van der Waals surface area contributed by atoms with Gasteiger partial charge >= 0.3 is 0 Å². The smallest absolute Gasteiger partial charge is 0.238 e. The molecule has 1 N–H and O–H groups in total. The van der Waals surface area contributed by atoms with E-state index in [0.29, 0.717) is 28.7 Å². The number of aromatic nitrogens is 4. The van der Waals surface area contributed by atoms with Crippen molar-refractivity contribution in [2.75, 3.05) is 18.9 Å². The second-order valence-corrected chi connectivity index (χ2v) is 8.38. The number of rotatable bonds is 8. The highest BCUT2D eigenvalue weighted by atomic mass is 35.5.